The number of rotatable bonds is 5. The maximum Gasteiger partial charge on any atom is 0.411 e. The highest BCUT2D eigenvalue weighted by molar-refractivity contribution is 5.77. The summed E-state index contributed by atoms with van der Waals surface area (Å²) in [7, 11) is 0. The number of carbonyl (C=O) groups is 1. The molecular weight excluding hydrogens is 273 g/mol. The highest BCUT2D eigenvalue weighted by atomic mass is 19.4. The molecule has 2 atom stereocenters. The maximum absolute atomic E-state index is 12.0. The third-order valence-corrected chi connectivity index (χ3v) is 4.04. The van der Waals surface area contributed by atoms with Crippen molar-refractivity contribution in [2.24, 2.45) is 0 Å². The molecule has 2 aliphatic heterocycles. The third-order valence-electron chi connectivity index (χ3n) is 4.04. The van der Waals surface area contributed by atoms with Gasteiger partial charge in [0.1, 0.15) is 13.2 Å². The molecular formula is C13H21F3N2O2. The summed E-state index contributed by atoms with van der Waals surface area (Å²) in [5.74, 6) is -0.344. The Hall–Kier alpha value is -0.820. The van der Waals surface area contributed by atoms with Gasteiger partial charge in [-0.25, -0.2) is 0 Å². The minimum atomic E-state index is -4.38. The van der Waals surface area contributed by atoms with E-state index in [4.69, 9.17) is 0 Å². The highest BCUT2D eigenvalue weighted by Crippen LogP contribution is 2.29. The van der Waals surface area contributed by atoms with E-state index < -0.39 is 19.4 Å². The molecule has 0 radical (unpaired) electrons. The zero-order valence-corrected chi connectivity index (χ0v) is 11.6. The van der Waals surface area contributed by atoms with Crippen LogP contribution in [0.4, 0.5) is 13.2 Å². The molecule has 2 bridgehead atoms. The molecule has 0 saturated carbocycles. The van der Waals surface area contributed by atoms with Crippen molar-refractivity contribution in [3.8, 4) is 0 Å². The summed E-state index contributed by atoms with van der Waals surface area (Å²) in [6.07, 6.45) is -0.370. The van der Waals surface area contributed by atoms with Crippen LogP contribution in [0.5, 0.6) is 0 Å². The third kappa shape index (κ3) is 4.09. The summed E-state index contributed by atoms with van der Waals surface area (Å²) in [6, 6.07) is 1.01. The molecule has 0 aromatic rings. The van der Waals surface area contributed by atoms with E-state index in [0.717, 1.165) is 25.7 Å². The minimum absolute atomic E-state index is 0.126. The van der Waals surface area contributed by atoms with Crippen molar-refractivity contribution >= 4 is 5.91 Å². The number of carbonyl (C=O) groups excluding carboxylic acids is 1. The SMILES string of the molecule is CCN(C(=O)COCC(F)(F)F)C1CC2CCC(C1)N2. The van der Waals surface area contributed by atoms with Gasteiger partial charge >= 0.3 is 6.18 Å². The Morgan fingerprint density at radius 2 is 1.90 bits per heavy atom. The zero-order valence-electron chi connectivity index (χ0n) is 11.6. The van der Waals surface area contributed by atoms with E-state index >= 15 is 0 Å². The van der Waals surface area contributed by atoms with Crippen molar-refractivity contribution in [3.63, 3.8) is 0 Å². The molecule has 0 aromatic carbocycles. The predicted molar refractivity (Wildman–Crippen MR) is 67.2 cm³/mol. The Morgan fingerprint density at radius 3 is 2.40 bits per heavy atom. The maximum atomic E-state index is 12.0. The Kier molecular flexibility index (Phi) is 4.90. The second-order valence-electron chi connectivity index (χ2n) is 5.55. The lowest BCUT2D eigenvalue weighted by Crippen LogP contribution is -2.51. The number of halogens is 3. The molecule has 20 heavy (non-hydrogen) atoms. The fourth-order valence-electron chi connectivity index (χ4n) is 3.26. The van der Waals surface area contributed by atoms with Gasteiger partial charge in [-0.2, -0.15) is 13.2 Å². The van der Waals surface area contributed by atoms with Gasteiger partial charge in [0.2, 0.25) is 5.91 Å². The number of hydrogen-bond acceptors (Lipinski definition) is 3. The number of nitrogens with zero attached hydrogens (tertiary/aromatic N) is 1. The predicted octanol–water partition coefficient (Wildman–Crippen LogP) is 1.70. The second kappa shape index (κ2) is 6.30. The van der Waals surface area contributed by atoms with Crippen LogP contribution in [0.15, 0.2) is 0 Å². The van der Waals surface area contributed by atoms with Gasteiger partial charge in [-0.3, -0.25) is 4.79 Å². The monoisotopic (exact) mass is 294 g/mol. The van der Waals surface area contributed by atoms with Crippen LogP contribution in [0.25, 0.3) is 0 Å². The molecule has 2 saturated heterocycles. The van der Waals surface area contributed by atoms with Crippen molar-refractivity contribution in [1.82, 2.24) is 10.2 Å². The molecule has 2 heterocycles. The average molecular weight is 294 g/mol. The summed E-state index contributed by atoms with van der Waals surface area (Å²) in [5.41, 5.74) is 0. The van der Waals surface area contributed by atoms with Crippen LogP contribution in [0.2, 0.25) is 0 Å². The molecule has 2 aliphatic rings. The number of nitrogens with one attached hydrogen (secondary N) is 1. The van der Waals surface area contributed by atoms with Crippen LogP contribution in [0.1, 0.15) is 32.6 Å². The first-order valence-corrected chi connectivity index (χ1v) is 7.09. The van der Waals surface area contributed by atoms with Crippen LogP contribution in [0, 0.1) is 0 Å². The number of piperidine rings is 1. The van der Waals surface area contributed by atoms with Gasteiger partial charge in [-0.15, -0.1) is 0 Å². The lowest BCUT2D eigenvalue weighted by atomic mass is 9.98. The molecule has 7 heteroatoms. The van der Waals surface area contributed by atoms with E-state index in [1.54, 1.807) is 4.90 Å². The number of amides is 1. The molecule has 0 aliphatic carbocycles. The Balaban J connectivity index is 1.83. The minimum Gasteiger partial charge on any atom is -0.362 e. The Morgan fingerprint density at radius 1 is 1.30 bits per heavy atom. The topological polar surface area (TPSA) is 41.6 Å². The summed E-state index contributed by atoms with van der Waals surface area (Å²) in [5, 5.41) is 3.48. The molecule has 0 aromatic heterocycles. The molecule has 116 valence electrons. The van der Waals surface area contributed by atoms with Gasteiger partial charge < -0.3 is 15.0 Å². The fraction of sp³-hybridized carbons (Fsp3) is 0.923. The first-order chi connectivity index (χ1) is 9.39. The van der Waals surface area contributed by atoms with Crippen molar-refractivity contribution in [1.29, 1.82) is 0 Å². The summed E-state index contributed by atoms with van der Waals surface area (Å²) in [6.45, 7) is 0.504. The van der Waals surface area contributed by atoms with Crippen LogP contribution in [-0.2, 0) is 9.53 Å². The van der Waals surface area contributed by atoms with Gasteiger partial charge in [0.05, 0.1) is 0 Å². The van der Waals surface area contributed by atoms with Crippen molar-refractivity contribution in [2.75, 3.05) is 19.8 Å². The smallest absolute Gasteiger partial charge is 0.362 e. The largest absolute Gasteiger partial charge is 0.411 e. The Bertz CT molecular complexity index is 337. The number of hydrogen-bond donors (Lipinski definition) is 1. The summed E-state index contributed by atoms with van der Waals surface area (Å²) < 4.78 is 40.5. The molecule has 1 N–H and O–H groups in total. The van der Waals surface area contributed by atoms with E-state index in [-0.39, 0.29) is 11.9 Å². The van der Waals surface area contributed by atoms with Gasteiger partial charge in [0.25, 0.3) is 0 Å². The summed E-state index contributed by atoms with van der Waals surface area (Å²) >= 11 is 0. The number of ether oxygens (including phenoxy) is 1. The van der Waals surface area contributed by atoms with Crippen LogP contribution < -0.4 is 5.32 Å². The quantitative estimate of drug-likeness (QED) is 0.839. The van der Waals surface area contributed by atoms with Gasteiger partial charge in [-0.05, 0) is 32.6 Å². The summed E-state index contributed by atoms with van der Waals surface area (Å²) in [4.78, 5) is 13.7. The zero-order chi connectivity index (χ0) is 14.8. The molecule has 4 nitrogen and oxygen atoms in total. The molecule has 2 fully saturated rings. The van der Waals surface area contributed by atoms with Gasteiger partial charge in [0.15, 0.2) is 0 Å². The fourth-order valence-corrected chi connectivity index (χ4v) is 3.26. The van der Waals surface area contributed by atoms with E-state index in [0.29, 0.717) is 18.6 Å². The van der Waals surface area contributed by atoms with Crippen LogP contribution >= 0.6 is 0 Å². The number of alkyl halides is 3. The standard InChI is InChI=1S/C13H21F3N2O2/c1-2-18(12(19)7-20-8-13(14,15)16)11-5-9-3-4-10(6-11)17-9/h9-11,17H,2-8H2,1H3. The molecule has 2 rings (SSSR count). The lowest BCUT2D eigenvalue weighted by Gasteiger charge is -2.37. The average Bonchev–Trinajstić information content (AvgIpc) is 2.68. The van der Waals surface area contributed by atoms with Crippen LogP contribution in [-0.4, -0.2) is 54.9 Å². The van der Waals surface area contributed by atoms with E-state index in [9.17, 15) is 18.0 Å². The lowest BCUT2D eigenvalue weighted by molar-refractivity contribution is -0.178. The van der Waals surface area contributed by atoms with Gasteiger partial charge in [0, 0.05) is 24.7 Å². The molecule has 1 amide bonds. The van der Waals surface area contributed by atoms with Crippen LogP contribution in [0.3, 0.4) is 0 Å². The van der Waals surface area contributed by atoms with Gasteiger partial charge in [-0.1, -0.05) is 0 Å². The first-order valence-electron chi connectivity index (χ1n) is 7.09. The van der Waals surface area contributed by atoms with Crippen molar-refractivity contribution in [3.05, 3.63) is 0 Å². The van der Waals surface area contributed by atoms with E-state index in [1.807, 2.05) is 6.92 Å². The second-order valence-corrected chi connectivity index (χ2v) is 5.55. The Labute approximate surface area is 116 Å². The van der Waals surface area contributed by atoms with Crippen molar-refractivity contribution in [2.45, 2.75) is 56.9 Å². The highest BCUT2D eigenvalue weighted by Gasteiger charge is 2.37. The number of likely N-dealkylation sites (N-methyl/N-ethyl adjacent to an activating group) is 1. The van der Waals surface area contributed by atoms with E-state index in [2.05, 4.69) is 10.1 Å². The van der Waals surface area contributed by atoms with E-state index in [1.165, 1.54) is 0 Å². The number of fused-ring (bicyclic) bond motifs is 2. The van der Waals surface area contributed by atoms with Crippen molar-refractivity contribution < 1.29 is 22.7 Å². The molecule has 2 unspecified atom stereocenters. The normalized spacial score (nSPS) is 29.5. The first kappa shape index (κ1) is 15.6. The molecule has 0 spiro atoms.